The molecule has 1 rings (SSSR count). The predicted molar refractivity (Wildman–Crippen MR) is 75.2 cm³/mol. The summed E-state index contributed by atoms with van der Waals surface area (Å²) in [6.45, 7) is 4.80. The van der Waals surface area contributed by atoms with Crippen LogP contribution in [0.15, 0.2) is 18.2 Å². The van der Waals surface area contributed by atoms with Crippen molar-refractivity contribution in [2.45, 2.75) is 45.6 Å². The molecule has 0 aromatic heterocycles. The van der Waals surface area contributed by atoms with Crippen molar-refractivity contribution in [1.82, 2.24) is 0 Å². The van der Waals surface area contributed by atoms with E-state index < -0.39 is 0 Å². The number of nitrogens with two attached hydrogens (primary N) is 1. The van der Waals surface area contributed by atoms with Gasteiger partial charge in [-0.1, -0.05) is 32.3 Å². The van der Waals surface area contributed by atoms with Crippen LogP contribution in [0.4, 0.5) is 0 Å². The van der Waals surface area contributed by atoms with Gasteiger partial charge in [0, 0.05) is 6.04 Å². The van der Waals surface area contributed by atoms with Gasteiger partial charge < -0.3 is 15.2 Å². The van der Waals surface area contributed by atoms with E-state index in [0.717, 1.165) is 23.5 Å². The average molecular weight is 251 g/mol. The van der Waals surface area contributed by atoms with E-state index in [1.165, 1.54) is 19.3 Å². The van der Waals surface area contributed by atoms with E-state index in [9.17, 15) is 0 Å². The van der Waals surface area contributed by atoms with Gasteiger partial charge in [0.1, 0.15) is 0 Å². The number of unbranched alkanes of at least 4 members (excludes halogenated alkanes) is 2. The molecule has 0 aliphatic carbocycles. The van der Waals surface area contributed by atoms with Gasteiger partial charge in [0.2, 0.25) is 0 Å². The Morgan fingerprint density at radius 2 is 1.94 bits per heavy atom. The summed E-state index contributed by atoms with van der Waals surface area (Å²) in [5.74, 6) is 1.55. The molecule has 1 atom stereocenters. The normalized spacial score (nSPS) is 12.2. The minimum Gasteiger partial charge on any atom is -0.493 e. The molecule has 2 N–H and O–H groups in total. The monoisotopic (exact) mass is 251 g/mol. The largest absolute Gasteiger partial charge is 0.493 e. The highest BCUT2D eigenvalue weighted by atomic mass is 16.5. The van der Waals surface area contributed by atoms with E-state index in [1.54, 1.807) is 7.11 Å². The summed E-state index contributed by atoms with van der Waals surface area (Å²) in [6, 6.07) is 6.05. The first-order valence-electron chi connectivity index (χ1n) is 6.79. The third kappa shape index (κ3) is 4.22. The molecule has 0 amide bonds. The molecule has 0 aliphatic rings. The molecule has 3 nitrogen and oxygen atoms in total. The van der Waals surface area contributed by atoms with Gasteiger partial charge in [-0.3, -0.25) is 0 Å². The van der Waals surface area contributed by atoms with Crippen molar-refractivity contribution in [3.05, 3.63) is 23.8 Å². The quantitative estimate of drug-likeness (QED) is 0.717. The maximum absolute atomic E-state index is 6.19. The summed E-state index contributed by atoms with van der Waals surface area (Å²) in [6.07, 6.45) is 4.65. The first kappa shape index (κ1) is 14.8. The van der Waals surface area contributed by atoms with Gasteiger partial charge in [0.25, 0.3) is 0 Å². The summed E-state index contributed by atoms with van der Waals surface area (Å²) in [5, 5.41) is 0. The Hall–Kier alpha value is -1.22. The number of hydrogen-bond donors (Lipinski definition) is 1. The van der Waals surface area contributed by atoms with Crippen LogP contribution in [0.1, 0.15) is 51.1 Å². The lowest BCUT2D eigenvalue weighted by molar-refractivity contribution is 0.310. The van der Waals surface area contributed by atoms with E-state index in [1.807, 2.05) is 25.1 Å². The second-order valence-corrected chi connectivity index (χ2v) is 4.45. The van der Waals surface area contributed by atoms with Crippen molar-refractivity contribution in [2.75, 3.05) is 13.7 Å². The van der Waals surface area contributed by atoms with Gasteiger partial charge in [-0.2, -0.15) is 0 Å². The minimum atomic E-state index is 0.0844. The van der Waals surface area contributed by atoms with Crippen molar-refractivity contribution in [1.29, 1.82) is 0 Å². The van der Waals surface area contributed by atoms with Crippen LogP contribution in [0.2, 0.25) is 0 Å². The molecule has 0 heterocycles. The maximum atomic E-state index is 6.19. The Bertz CT molecular complexity index is 352. The van der Waals surface area contributed by atoms with Crippen LogP contribution in [0.25, 0.3) is 0 Å². The van der Waals surface area contributed by atoms with Crippen LogP contribution >= 0.6 is 0 Å². The van der Waals surface area contributed by atoms with E-state index in [0.29, 0.717) is 6.61 Å². The number of rotatable bonds is 8. The molecule has 0 saturated carbocycles. The summed E-state index contributed by atoms with van der Waals surface area (Å²) in [7, 11) is 1.66. The molecule has 1 aromatic rings. The zero-order chi connectivity index (χ0) is 13.4. The summed E-state index contributed by atoms with van der Waals surface area (Å²) < 4.78 is 10.8. The van der Waals surface area contributed by atoms with Crippen LogP contribution in [0.5, 0.6) is 11.5 Å². The van der Waals surface area contributed by atoms with Gasteiger partial charge in [0.15, 0.2) is 11.5 Å². The van der Waals surface area contributed by atoms with Crippen LogP contribution in [-0.2, 0) is 0 Å². The predicted octanol–water partition coefficient (Wildman–Crippen LogP) is 3.67. The van der Waals surface area contributed by atoms with E-state index in [2.05, 4.69) is 6.92 Å². The zero-order valence-corrected chi connectivity index (χ0v) is 11.7. The molecule has 0 saturated heterocycles. The highest BCUT2D eigenvalue weighted by Gasteiger charge is 2.10. The van der Waals surface area contributed by atoms with Gasteiger partial charge in [-0.05, 0) is 31.0 Å². The summed E-state index contributed by atoms with van der Waals surface area (Å²) >= 11 is 0. The van der Waals surface area contributed by atoms with E-state index >= 15 is 0 Å². The third-order valence-corrected chi connectivity index (χ3v) is 3.03. The van der Waals surface area contributed by atoms with Gasteiger partial charge >= 0.3 is 0 Å². The zero-order valence-electron chi connectivity index (χ0n) is 11.7. The second-order valence-electron chi connectivity index (χ2n) is 4.45. The minimum absolute atomic E-state index is 0.0844. The Morgan fingerprint density at radius 1 is 1.17 bits per heavy atom. The molecule has 0 bridgehead atoms. The molecule has 0 unspecified atom stereocenters. The van der Waals surface area contributed by atoms with Crippen molar-refractivity contribution < 1.29 is 9.47 Å². The van der Waals surface area contributed by atoms with Gasteiger partial charge in [0.05, 0.1) is 13.7 Å². The standard InChI is InChI=1S/C15H25NO2/c1-4-6-7-8-13(16)12-9-10-14(18-5-2)15(11-12)17-3/h9-11,13H,4-8,16H2,1-3H3/t13-/m0/s1. The third-order valence-electron chi connectivity index (χ3n) is 3.03. The first-order chi connectivity index (χ1) is 8.72. The van der Waals surface area contributed by atoms with Crippen molar-refractivity contribution in [2.24, 2.45) is 5.73 Å². The van der Waals surface area contributed by atoms with E-state index in [4.69, 9.17) is 15.2 Å². The van der Waals surface area contributed by atoms with Crippen LogP contribution in [0, 0.1) is 0 Å². The topological polar surface area (TPSA) is 44.5 Å². The lowest BCUT2D eigenvalue weighted by Gasteiger charge is -2.15. The lowest BCUT2D eigenvalue weighted by atomic mass is 10.0. The molecule has 1 aromatic carbocycles. The summed E-state index contributed by atoms with van der Waals surface area (Å²) in [4.78, 5) is 0. The average Bonchev–Trinajstić information content (AvgIpc) is 2.39. The SMILES string of the molecule is CCCCC[C@H](N)c1ccc(OCC)c(OC)c1. The van der Waals surface area contributed by atoms with Crippen molar-refractivity contribution >= 4 is 0 Å². The fourth-order valence-electron chi connectivity index (χ4n) is 1.97. The van der Waals surface area contributed by atoms with Gasteiger partial charge in [-0.25, -0.2) is 0 Å². The molecule has 0 fully saturated rings. The van der Waals surface area contributed by atoms with Crippen LogP contribution in [0.3, 0.4) is 0 Å². The van der Waals surface area contributed by atoms with Crippen molar-refractivity contribution in [3.63, 3.8) is 0 Å². The molecule has 0 aliphatic heterocycles. The highest BCUT2D eigenvalue weighted by molar-refractivity contribution is 5.43. The van der Waals surface area contributed by atoms with E-state index in [-0.39, 0.29) is 6.04 Å². The smallest absolute Gasteiger partial charge is 0.161 e. The van der Waals surface area contributed by atoms with Gasteiger partial charge in [-0.15, -0.1) is 0 Å². The molecular weight excluding hydrogens is 226 g/mol. The Balaban J connectivity index is 2.71. The molecule has 0 spiro atoms. The molecule has 0 radical (unpaired) electrons. The molecule has 18 heavy (non-hydrogen) atoms. The fraction of sp³-hybridized carbons (Fsp3) is 0.600. The summed E-state index contributed by atoms with van der Waals surface area (Å²) in [5.41, 5.74) is 7.30. The van der Waals surface area contributed by atoms with Crippen LogP contribution < -0.4 is 15.2 Å². The van der Waals surface area contributed by atoms with Crippen molar-refractivity contribution in [3.8, 4) is 11.5 Å². The number of ether oxygens (including phenoxy) is 2. The number of hydrogen-bond acceptors (Lipinski definition) is 3. The number of methoxy groups -OCH3 is 1. The fourth-order valence-corrected chi connectivity index (χ4v) is 1.97. The Morgan fingerprint density at radius 3 is 2.56 bits per heavy atom. The maximum Gasteiger partial charge on any atom is 0.161 e. The first-order valence-corrected chi connectivity index (χ1v) is 6.79. The Labute approximate surface area is 110 Å². The highest BCUT2D eigenvalue weighted by Crippen LogP contribution is 2.30. The van der Waals surface area contributed by atoms with Crippen LogP contribution in [-0.4, -0.2) is 13.7 Å². The molecule has 3 heteroatoms. The number of benzene rings is 1. The molecule has 102 valence electrons. The molecular formula is C15H25NO2. The lowest BCUT2D eigenvalue weighted by Crippen LogP contribution is -2.10. The second kappa shape index (κ2) is 7.98. The Kier molecular flexibility index (Phi) is 6.58.